The van der Waals surface area contributed by atoms with E-state index in [0.717, 1.165) is 11.5 Å². The van der Waals surface area contributed by atoms with Crippen LogP contribution in [0.2, 0.25) is 0 Å². The van der Waals surface area contributed by atoms with Crippen LogP contribution in [0.15, 0.2) is 0 Å². The molecule has 1 aliphatic heterocycles. The lowest BCUT2D eigenvalue weighted by Crippen LogP contribution is -2.56. The van der Waals surface area contributed by atoms with Crippen molar-refractivity contribution in [2.45, 2.75) is 37.0 Å². The quantitative estimate of drug-likeness (QED) is 0.799. The predicted octanol–water partition coefficient (Wildman–Crippen LogP) is 1.59. The Morgan fingerprint density at radius 3 is 2.53 bits per heavy atom. The number of amides is 1. The number of carboxylic acids is 1. The number of carboxylic acid groups (broad SMARTS) is 1. The number of hydrogen-bond acceptors (Lipinski definition) is 4. The molecule has 2 N–H and O–H groups in total. The molecule has 1 fully saturated rings. The van der Waals surface area contributed by atoms with Crippen LogP contribution in [0.3, 0.4) is 0 Å². The molecule has 0 aromatic rings. The molecule has 0 aromatic heterocycles. The van der Waals surface area contributed by atoms with Crippen molar-refractivity contribution in [3.05, 3.63) is 0 Å². The van der Waals surface area contributed by atoms with E-state index in [1.807, 2.05) is 13.2 Å². The third kappa shape index (κ3) is 4.10. The van der Waals surface area contributed by atoms with E-state index in [1.165, 1.54) is 0 Å². The molecule has 1 amide bonds. The Hall–Kier alpha value is -0.360. The highest BCUT2D eigenvalue weighted by molar-refractivity contribution is 7.99. The van der Waals surface area contributed by atoms with Crippen molar-refractivity contribution in [2.75, 3.05) is 17.8 Å². The van der Waals surface area contributed by atoms with Gasteiger partial charge in [-0.3, -0.25) is 4.79 Å². The first-order valence-corrected chi connectivity index (χ1v) is 8.09. The van der Waals surface area contributed by atoms with E-state index in [-0.39, 0.29) is 11.2 Å². The smallest absolute Gasteiger partial charge is 0.329 e. The molecule has 0 aliphatic carbocycles. The molecule has 1 atom stereocenters. The number of thioether (sulfide) groups is 2. The number of carbonyl (C=O) groups excluding carboxylic acids is 1. The van der Waals surface area contributed by atoms with Crippen LogP contribution < -0.4 is 5.32 Å². The first-order valence-electron chi connectivity index (χ1n) is 5.65. The Morgan fingerprint density at radius 2 is 2.06 bits per heavy atom. The number of rotatable bonds is 5. The zero-order valence-electron chi connectivity index (χ0n) is 10.2. The largest absolute Gasteiger partial charge is 0.480 e. The van der Waals surface area contributed by atoms with Crippen molar-refractivity contribution in [1.29, 1.82) is 0 Å². The second-order valence-electron chi connectivity index (χ2n) is 4.30. The van der Waals surface area contributed by atoms with Crippen LogP contribution in [-0.4, -0.2) is 45.5 Å². The van der Waals surface area contributed by atoms with Gasteiger partial charge in [0.05, 0.1) is 0 Å². The first kappa shape index (κ1) is 14.7. The van der Waals surface area contributed by atoms with Crippen LogP contribution >= 0.6 is 23.5 Å². The zero-order chi connectivity index (χ0) is 12.9. The molecule has 17 heavy (non-hydrogen) atoms. The summed E-state index contributed by atoms with van der Waals surface area (Å²) in [5.74, 6) is 0.541. The van der Waals surface area contributed by atoms with Crippen molar-refractivity contribution in [3.8, 4) is 0 Å². The maximum atomic E-state index is 11.8. The summed E-state index contributed by atoms with van der Waals surface area (Å²) >= 11 is 3.35. The van der Waals surface area contributed by atoms with Crippen LogP contribution in [0.25, 0.3) is 0 Å². The van der Waals surface area contributed by atoms with Gasteiger partial charge in [-0.05, 0) is 30.6 Å². The Labute approximate surface area is 110 Å². The third-order valence-electron chi connectivity index (χ3n) is 3.01. The summed E-state index contributed by atoms with van der Waals surface area (Å²) in [5.41, 5.74) is -1.03. The summed E-state index contributed by atoms with van der Waals surface area (Å²) in [6, 6.07) is 0. The molecule has 4 nitrogen and oxygen atoms in total. The van der Waals surface area contributed by atoms with E-state index >= 15 is 0 Å². The Balaban J connectivity index is 2.60. The highest BCUT2D eigenvalue weighted by atomic mass is 32.2. The van der Waals surface area contributed by atoms with Crippen molar-refractivity contribution in [1.82, 2.24) is 5.32 Å². The normalized spacial score (nSPS) is 20.6. The molecule has 0 aromatic carbocycles. The van der Waals surface area contributed by atoms with E-state index in [4.69, 9.17) is 0 Å². The fourth-order valence-electron chi connectivity index (χ4n) is 1.77. The van der Waals surface area contributed by atoms with Gasteiger partial charge in [-0.2, -0.15) is 23.5 Å². The maximum Gasteiger partial charge on any atom is 0.329 e. The fraction of sp³-hybridized carbons (Fsp3) is 0.818. The highest BCUT2D eigenvalue weighted by Gasteiger charge is 2.41. The molecule has 1 unspecified atom stereocenters. The number of carbonyl (C=O) groups is 2. The van der Waals surface area contributed by atoms with E-state index < -0.39 is 11.5 Å². The van der Waals surface area contributed by atoms with Gasteiger partial charge in [0.1, 0.15) is 5.54 Å². The standard InChI is InChI=1S/C11H19NO3S2/c1-8(16-2)7-9(13)12-11(10(14)15)3-5-17-6-4-11/h8H,3-7H2,1-2H3,(H,12,13)(H,14,15). The van der Waals surface area contributed by atoms with Gasteiger partial charge in [0, 0.05) is 11.7 Å². The van der Waals surface area contributed by atoms with Crippen molar-refractivity contribution in [3.63, 3.8) is 0 Å². The minimum Gasteiger partial charge on any atom is -0.480 e. The summed E-state index contributed by atoms with van der Waals surface area (Å²) in [6.45, 7) is 1.97. The van der Waals surface area contributed by atoms with Gasteiger partial charge in [0.15, 0.2) is 0 Å². The molecule has 0 spiro atoms. The topological polar surface area (TPSA) is 66.4 Å². The van der Waals surface area contributed by atoms with Gasteiger partial charge < -0.3 is 10.4 Å². The van der Waals surface area contributed by atoms with Gasteiger partial charge in [0.2, 0.25) is 5.91 Å². The molecule has 1 heterocycles. The average molecular weight is 277 g/mol. The average Bonchev–Trinajstić information content (AvgIpc) is 2.29. The first-order chi connectivity index (χ1) is 8.00. The predicted molar refractivity (Wildman–Crippen MR) is 72.7 cm³/mol. The van der Waals surface area contributed by atoms with Crippen molar-refractivity contribution < 1.29 is 14.7 Å². The summed E-state index contributed by atoms with van der Waals surface area (Å²) in [4.78, 5) is 23.1. The van der Waals surface area contributed by atoms with Gasteiger partial charge in [-0.15, -0.1) is 0 Å². The van der Waals surface area contributed by atoms with Crippen LogP contribution in [0.5, 0.6) is 0 Å². The Kier molecular flexibility index (Phi) is 5.66. The van der Waals surface area contributed by atoms with Crippen LogP contribution in [0, 0.1) is 0 Å². The number of hydrogen-bond donors (Lipinski definition) is 2. The molecule has 1 rings (SSSR count). The molecule has 1 aliphatic rings. The van der Waals surface area contributed by atoms with E-state index in [9.17, 15) is 14.7 Å². The Morgan fingerprint density at radius 1 is 1.47 bits per heavy atom. The van der Waals surface area contributed by atoms with E-state index in [0.29, 0.717) is 19.3 Å². The molecule has 0 saturated carbocycles. The van der Waals surface area contributed by atoms with E-state index in [1.54, 1.807) is 23.5 Å². The third-order valence-corrected chi connectivity index (χ3v) is 4.97. The summed E-state index contributed by atoms with van der Waals surface area (Å²) < 4.78 is 0. The van der Waals surface area contributed by atoms with Gasteiger partial charge in [0.25, 0.3) is 0 Å². The zero-order valence-corrected chi connectivity index (χ0v) is 11.8. The number of nitrogens with one attached hydrogen (secondary N) is 1. The summed E-state index contributed by atoms with van der Waals surface area (Å²) in [5, 5.41) is 12.3. The van der Waals surface area contributed by atoms with Crippen LogP contribution in [0.1, 0.15) is 26.2 Å². The SMILES string of the molecule is CSC(C)CC(=O)NC1(C(=O)O)CCSCC1. The maximum absolute atomic E-state index is 11.8. The molecule has 6 heteroatoms. The van der Waals surface area contributed by atoms with Crippen LogP contribution in [0.4, 0.5) is 0 Å². The minimum atomic E-state index is -1.03. The minimum absolute atomic E-state index is 0.152. The van der Waals surface area contributed by atoms with Crippen molar-refractivity contribution >= 4 is 35.4 Å². The molecule has 0 radical (unpaired) electrons. The highest BCUT2D eigenvalue weighted by Crippen LogP contribution is 2.27. The van der Waals surface area contributed by atoms with E-state index in [2.05, 4.69) is 5.32 Å². The molecular weight excluding hydrogens is 258 g/mol. The van der Waals surface area contributed by atoms with Crippen molar-refractivity contribution in [2.24, 2.45) is 0 Å². The molecule has 1 saturated heterocycles. The number of aliphatic carboxylic acids is 1. The molecular formula is C11H19NO3S2. The lowest BCUT2D eigenvalue weighted by Gasteiger charge is -2.34. The molecule has 0 bridgehead atoms. The Bertz CT molecular complexity index is 290. The van der Waals surface area contributed by atoms with Gasteiger partial charge in [-0.25, -0.2) is 4.79 Å². The second kappa shape index (κ2) is 6.54. The summed E-state index contributed by atoms with van der Waals surface area (Å²) in [6.07, 6.45) is 3.37. The molecule has 98 valence electrons. The monoisotopic (exact) mass is 277 g/mol. The lowest BCUT2D eigenvalue weighted by molar-refractivity contribution is -0.148. The van der Waals surface area contributed by atoms with Crippen LogP contribution in [-0.2, 0) is 9.59 Å². The van der Waals surface area contributed by atoms with Gasteiger partial charge >= 0.3 is 5.97 Å². The lowest BCUT2D eigenvalue weighted by atomic mass is 9.92. The second-order valence-corrected chi connectivity index (χ2v) is 6.80. The summed E-state index contributed by atoms with van der Waals surface area (Å²) in [7, 11) is 0. The van der Waals surface area contributed by atoms with Gasteiger partial charge in [-0.1, -0.05) is 6.92 Å². The fourth-order valence-corrected chi connectivity index (χ4v) is 3.28.